The molecule has 92 valence electrons. The van der Waals surface area contributed by atoms with Crippen LogP contribution in [0.4, 0.5) is 4.79 Å². The average molecular weight is 224 g/mol. The van der Waals surface area contributed by atoms with Gasteiger partial charge in [-0.15, -0.1) is 0 Å². The molecule has 1 aliphatic heterocycles. The van der Waals surface area contributed by atoms with E-state index in [4.69, 9.17) is 0 Å². The van der Waals surface area contributed by atoms with Crippen LogP contribution in [0.5, 0.6) is 0 Å². The first kappa shape index (κ1) is 11.7. The second-order valence-corrected chi connectivity index (χ2v) is 5.28. The molecule has 1 heterocycles. The molecule has 0 radical (unpaired) electrons. The van der Waals surface area contributed by atoms with E-state index in [0.717, 1.165) is 25.4 Å². The molecule has 3 nitrogen and oxygen atoms in total. The van der Waals surface area contributed by atoms with E-state index in [1.807, 2.05) is 4.90 Å². The summed E-state index contributed by atoms with van der Waals surface area (Å²) in [5.41, 5.74) is 0. The van der Waals surface area contributed by atoms with Gasteiger partial charge in [0.2, 0.25) is 0 Å². The van der Waals surface area contributed by atoms with Gasteiger partial charge in [-0.05, 0) is 38.0 Å². The van der Waals surface area contributed by atoms with E-state index < -0.39 is 0 Å². The first-order chi connectivity index (χ1) is 7.79. The number of carbonyl (C=O) groups excluding carboxylic acids is 1. The first-order valence-corrected chi connectivity index (χ1v) is 6.85. The Hall–Kier alpha value is -0.730. The fraction of sp³-hybridized carbons (Fsp3) is 0.923. The van der Waals surface area contributed by atoms with Gasteiger partial charge >= 0.3 is 6.03 Å². The van der Waals surface area contributed by atoms with Crippen molar-refractivity contribution in [2.24, 2.45) is 5.92 Å². The zero-order valence-electron chi connectivity index (χ0n) is 10.4. The van der Waals surface area contributed by atoms with Gasteiger partial charge in [0.1, 0.15) is 0 Å². The summed E-state index contributed by atoms with van der Waals surface area (Å²) >= 11 is 0. The summed E-state index contributed by atoms with van der Waals surface area (Å²) < 4.78 is 0. The number of carbonyl (C=O) groups is 1. The highest BCUT2D eigenvalue weighted by molar-refractivity contribution is 5.74. The number of hydrogen-bond donors (Lipinski definition) is 1. The van der Waals surface area contributed by atoms with Crippen LogP contribution in [-0.4, -0.2) is 30.1 Å². The highest BCUT2D eigenvalue weighted by atomic mass is 16.2. The van der Waals surface area contributed by atoms with Crippen LogP contribution in [-0.2, 0) is 0 Å². The van der Waals surface area contributed by atoms with E-state index >= 15 is 0 Å². The van der Waals surface area contributed by atoms with Gasteiger partial charge in [0.05, 0.1) is 0 Å². The molecule has 1 saturated carbocycles. The molecule has 1 atom stereocenters. The number of amides is 2. The number of piperidine rings is 1. The third-order valence-electron chi connectivity index (χ3n) is 3.78. The van der Waals surface area contributed by atoms with Crippen LogP contribution in [0.1, 0.15) is 51.9 Å². The molecule has 2 rings (SSSR count). The largest absolute Gasteiger partial charge is 0.335 e. The molecule has 0 spiro atoms. The molecule has 0 aromatic heterocycles. The summed E-state index contributed by atoms with van der Waals surface area (Å²) in [5, 5.41) is 3.19. The van der Waals surface area contributed by atoms with Crippen LogP contribution in [0.2, 0.25) is 0 Å². The van der Waals surface area contributed by atoms with Crippen molar-refractivity contribution < 1.29 is 4.79 Å². The lowest BCUT2D eigenvalue weighted by atomic mass is 10.1. The molecule has 2 aliphatic rings. The second kappa shape index (κ2) is 5.55. The Labute approximate surface area is 98.6 Å². The van der Waals surface area contributed by atoms with Gasteiger partial charge in [-0.25, -0.2) is 4.79 Å². The van der Waals surface area contributed by atoms with Gasteiger partial charge in [-0.2, -0.15) is 0 Å². The van der Waals surface area contributed by atoms with Crippen LogP contribution in [0.15, 0.2) is 0 Å². The van der Waals surface area contributed by atoms with E-state index in [1.54, 1.807) is 0 Å². The number of nitrogens with one attached hydrogen (secondary N) is 1. The Balaban J connectivity index is 1.74. The Morgan fingerprint density at radius 1 is 1.31 bits per heavy atom. The maximum Gasteiger partial charge on any atom is 0.317 e. The SMILES string of the molecule is CCC(CC1CC1)NC(=O)N1CCCCC1. The molecule has 1 aliphatic carbocycles. The zero-order chi connectivity index (χ0) is 11.4. The van der Waals surface area contributed by atoms with Crippen molar-refractivity contribution >= 4 is 6.03 Å². The molecule has 2 amide bonds. The molecule has 0 bridgehead atoms. The molecule has 1 N–H and O–H groups in total. The van der Waals surface area contributed by atoms with Gasteiger partial charge in [0.15, 0.2) is 0 Å². The van der Waals surface area contributed by atoms with Crippen LogP contribution >= 0.6 is 0 Å². The highest BCUT2D eigenvalue weighted by Crippen LogP contribution is 2.34. The zero-order valence-corrected chi connectivity index (χ0v) is 10.4. The van der Waals surface area contributed by atoms with Gasteiger partial charge in [-0.1, -0.05) is 19.8 Å². The molecule has 1 saturated heterocycles. The predicted octanol–water partition coefficient (Wildman–Crippen LogP) is 2.76. The Bertz CT molecular complexity index is 232. The summed E-state index contributed by atoms with van der Waals surface area (Å²) in [7, 11) is 0. The van der Waals surface area contributed by atoms with E-state index in [2.05, 4.69) is 12.2 Å². The van der Waals surface area contributed by atoms with Crippen molar-refractivity contribution in [3.05, 3.63) is 0 Å². The van der Waals surface area contributed by atoms with Crippen molar-refractivity contribution in [1.29, 1.82) is 0 Å². The van der Waals surface area contributed by atoms with Gasteiger partial charge < -0.3 is 10.2 Å². The molecular formula is C13H24N2O. The van der Waals surface area contributed by atoms with Gasteiger partial charge in [0.25, 0.3) is 0 Å². The van der Waals surface area contributed by atoms with E-state index in [1.165, 1.54) is 38.5 Å². The molecule has 3 heteroatoms. The number of urea groups is 1. The Morgan fingerprint density at radius 2 is 2.00 bits per heavy atom. The van der Waals surface area contributed by atoms with Gasteiger partial charge in [-0.3, -0.25) is 0 Å². The Kier molecular flexibility index (Phi) is 4.08. The maximum atomic E-state index is 12.0. The van der Waals surface area contributed by atoms with Gasteiger partial charge in [0, 0.05) is 19.1 Å². The van der Waals surface area contributed by atoms with Crippen molar-refractivity contribution in [3.63, 3.8) is 0 Å². The van der Waals surface area contributed by atoms with Crippen molar-refractivity contribution in [2.45, 2.75) is 57.9 Å². The van der Waals surface area contributed by atoms with Crippen molar-refractivity contribution in [2.75, 3.05) is 13.1 Å². The lowest BCUT2D eigenvalue weighted by Gasteiger charge is -2.29. The lowest BCUT2D eigenvalue weighted by molar-refractivity contribution is 0.181. The number of hydrogen-bond acceptors (Lipinski definition) is 1. The molecule has 0 aromatic carbocycles. The van der Waals surface area contributed by atoms with Crippen LogP contribution < -0.4 is 5.32 Å². The fourth-order valence-electron chi connectivity index (χ4n) is 2.45. The third-order valence-corrected chi connectivity index (χ3v) is 3.78. The predicted molar refractivity (Wildman–Crippen MR) is 65.4 cm³/mol. The summed E-state index contributed by atoms with van der Waals surface area (Å²) in [6, 6.07) is 0.578. The first-order valence-electron chi connectivity index (χ1n) is 6.85. The number of likely N-dealkylation sites (tertiary alicyclic amines) is 1. The van der Waals surface area contributed by atoms with Crippen LogP contribution in [0.3, 0.4) is 0 Å². The minimum atomic E-state index is 0.173. The molecular weight excluding hydrogens is 200 g/mol. The summed E-state index contributed by atoms with van der Waals surface area (Å²) in [4.78, 5) is 14.0. The normalized spacial score (nSPS) is 22.9. The molecule has 1 unspecified atom stereocenters. The fourth-order valence-corrected chi connectivity index (χ4v) is 2.45. The number of rotatable bonds is 4. The smallest absolute Gasteiger partial charge is 0.317 e. The third kappa shape index (κ3) is 3.39. The summed E-state index contributed by atoms with van der Waals surface area (Å²) in [6.45, 7) is 4.07. The standard InChI is InChI=1S/C13H24N2O/c1-2-12(10-11-6-7-11)14-13(16)15-8-4-3-5-9-15/h11-12H,2-10H2,1H3,(H,14,16). The van der Waals surface area contributed by atoms with E-state index in [-0.39, 0.29) is 6.03 Å². The average Bonchev–Trinajstić information content (AvgIpc) is 3.13. The van der Waals surface area contributed by atoms with Crippen molar-refractivity contribution in [1.82, 2.24) is 10.2 Å². The van der Waals surface area contributed by atoms with Crippen LogP contribution in [0.25, 0.3) is 0 Å². The monoisotopic (exact) mass is 224 g/mol. The minimum Gasteiger partial charge on any atom is -0.335 e. The Morgan fingerprint density at radius 3 is 2.56 bits per heavy atom. The topological polar surface area (TPSA) is 32.3 Å². The highest BCUT2D eigenvalue weighted by Gasteiger charge is 2.26. The lowest BCUT2D eigenvalue weighted by Crippen LogP contribution is -2.46. The number of nitrogens with zero attached hydrogens (tertiary/aromatic N) is 1. The summed E-state index contributed by atoms with van der Waals surface area (Å²) in [5.74, 6) is 0.895. The quantitative estimate of drug-likeness (QED) is 0.782. The maximum absolute atomic E-state index is 12.0. The van der Waals surface area contributed by atoms with E-state index in [0.29, 0.717) is 6.04 Å². The van der Waals surface area contributed by atoms with Crippen molar-refractivity contribution in [3.8, 4) is 0 Å². The van der Waals surface area contributed by atoms with E-state index in [9.17, 15) is 4.79 Å². The molecule has 2 fully saturated rings. The minimum absolute atomic E-state index is 0.173. The molecule has 0 aromatic rings. The molecule has 16 heavy (non-hydrogen) atoms. The van der Waals surface area contributed by atoms with Crippen LogP contribution in [0, 0.1) is 5.92 Å². The summed E-state index contributed by atoms with van der Waals surface area (Å²) in [6.07, 6.45) is 8.63. The second-order valence-electron chi connectivity index (χ2n) is 5.28.